The van der Waals surface area contributed by atoms with Gasteiger partial charge in [-0.1, -0.05) is 6.07 Å². The van der Waals surface area contributed by atoms with E-state index in [1.165, 1.54) is 0 Å². The molecule has 1 heterocycles. The number of H-pyrrole nitrogens is 1. The lowest BCUT2D eigenvalue weighted by Crippen LogP contribution is -2.31. The van der Waals surface area contributed by atoms with E-state index in [0.717, 1.165) is 35.9 Å². The SMILES string of the molecule is CC(C)n1c(=O)[nH]c2cc(C3(N=C=O)CCC3)ccc21. The van der Waals surface area contributed by atoms with Gasteiger partial charge in [0, 0.05) is 6.04 Å². The fraction of sp³-hybridized carbons (Fsp3) is 0.467. The lowest BCUT2D eigenvalue weighted by atomic mass is 9.72. The summed E-state index contributed by atoms with van der Waals surface area (Å²) in [5.41, 5.74) is 2.14. The molecule has 0 saturated heterocycles. The number of nitrogens with one attached hydrogen (secondary N) is 1. The summed E-state index contributed by atoms with van der Waals surface area (Å²) in [5, 5.41) is 0. The van der Waals surface area contributed by atoms with E-state index in [-0.39, 0.29) is 11.7 Å². The van der Waals surface area contributed by atoms with E-state index in [2.05, 4.69) is 9.98 Å². The first-order valence-corrected chi connectivity index (χ1v) is 6.91. The maximum atomic E-state index is 12.0. The highest BCUT2D eigenvalue weighted by Gasteiger charge is 2.39. The van der Waals surface area contributed by atoms with E-state index < -0.39 is 5.54 Å². The molecule has 0 radical (unpaired) electrons. The fourth-order valence-electron chi connectivity index (χ4n) is 3.00. The third-order valence-electron chi connectivity index (χ3n) is 4.21. The van der Waals surface area contributed by atoms with Crippen LogP contribution in [-0.2, 0) is 10.3 Å². The molecule has 2 aromatic rings. The average molecular weight is 271 g/mol. The molecule has 3 rings (SSSR count). The predicted molar refractivity (Wildman–Crippen MR) is 76.6 cm³/mol. The monoisotopic (exact) mass is 271 g/mol. The van der Waals surface area contributed by atoms with Gasteiger partial charge >= 0.3 is 5.69 Å². The van der Waals surface area contributed by atoms with Crippen molar-refractivity contribution in [1.82, 2.24) is 9.55 Å². The number of fused-ring (bicyclic) bond motifs is 1. The van der Waals surface area contributed by atoms with E-state index in [1.807, 2.05) is 32.0 Å². The minimum atomic E-state index is -0.424. The Hall–Kier alpha value is -2.13. The van der Waals surface area contributed by atoms with E-state index in [0.29, 0.717) is 0 Å². The Morgan fingerprint density at radius 2 is 2.15 bits per heavy atom. The quantitative estimate of drug-likeness (QED) is 0.688. The standard InChI is InChI=1S/C15H17N3O2/c1-10(2)18-13-5-4-11(8-12(13)17-14(18)20)15(16-9-19)6-3-7-15/h4-5,8,10H,3,6-7H2,1-2H3,(H,17,20). The molecular weight excluding hydrogens is 254 g/mol. The van der Waals surface area contributed by atoms with Gasteiger partial charge in [-0.2, -0.15) is 4.99 Å². The van der Waals surface area contributed by atoms with Crippen LogP contribution < -0.4 is 5.69 Å². The highest BCUT2D eigenvalue weighted by atomic mass is 16.1. The summed E-state index contributed by atoms with van der Waals surface area (Å²) in [7, 11) is 0. The van der Waals surface area contributed by atoms with Crippen molar-refractivity contribution in [3.05, 3.63) is 34.2 Å². The van der Waals surface area contributed by atoms with Gasteiger partial charge in [0.05, 0.1) is 16.6 Å². The number of hydrogen-bond donors (Lipinski definition) is 1. The van der Waals surface area contributed by atoms with E-state index in [9.17, 15) is 9.59 Å². The molecule has 5 nitrogen and oxygen atoms in total. The molecule has 104 valence electrons. The highest BCUT2D eigenvalue weighted by Crippen LogP contribution is 2.45. The first-order chi connectivity index (χ1) is 9.57. The highest BCUT2D eigenvalue weighted by molar-refractivity contribution is 5.76. The number of nitrogens with zero attached hydrogens (tertiary/aromatic N) is 2. The van der Waals surface area contributed by atoms with E-state index in [1.54, 1.807) is 10.6 Å². The van der Waals surface area contributed by atoms with Crippen molar-refractivity contribution in [3.8, 4) is 0 Å². The zero-order chi connectivity index (χ0) is 14.3. The van der Waals surface area contributed by atoms with E-state index >= 15 is 0 Å². The minimum absolute atomic E-state index is 0.103. The molecule has 0 spiro atoms. The van der Waals surface area contributed by atoms with Crippen molar-refractivity contribution in [2.45, 2.75) is 44.7 Å². The van der Waals surface area contributed by atoms with Crippen LogP contribution in [0.15, 0.2) is 28.0 Å². The van der Waals surface area contributed by atoms with E-state index in [4.69, 9.17) is 0 Å². The molecule has 1 aliphatic rings. The average Bonchev–Trinajstić information content (AvgIpc) is 2.68. The van der Waals surface area contributed by atoms with Crippen LogP contribution in [0.5, 0.6) is 0 Å². The largest absolute Gasteiger partial charge is 0.326 e. The van der Waals surface area contributed by atoms with Crippen LogP contribution in [0.2, 0.25) is 0 Å². The number of aromatic nitrogens is 2. The van der Waals surface area contributed by atoms with Crippen molar-refractivity contribution < 1.29 is 4.79 Å². The second-order valence-electron chi connectivity index (χ2n) is 5.71. The van der Waals surface area contributed by atoms with Gasteiger partial charge in [0.25, 0.3) is 0 Å². The Labute approximate surface area is 116 Å². The van der Waals surface area contributed by atoms with Crippen molar-refractivity contribution in [2.24, 2.45) is 4.99 Å². The molecule has 1 aromatic heterocycles. The van der Waals surface area contributed by atoms with Crippen molar-refractivity contribution in [1.29, 1.82) is 0 Å². The lowest BCUT2D eigenvalue weighted by molar-refractivity contribution is 0.256. The first-order valence-electron chi connectivity index (χ1n) is 6.91. The maximum Gasteiger partial charge on any atom is 0.326 e. The van der Waals surface area contributed by atoms with Crippen molar-refractivity contribution in [3.63, 3.8) is 0 Å². The summed E-state index contributed by atoms with van der Waals surface area (Å²) in [6, 6.07) is 5.94. The molecule has 1 N–H and O–H groups in total. The second-order valence-corrected chi connectivity index (χ2v) is 5.71. The first kappa shape index (κ1) is 12.9. The summed E-state index contributed by atoms with van der Waals surface area (Å²) < 4.78 is 1.73. The smallest absolute Gasteiger partial charge is 0.306 e. The Balaban J connectivity index is 2.17. The molecule has 0 atom stereocenters. The van der Waals surface area contributed by atoms with Crippen molar-refractivity contribution in [2.75, 3.05) is 0 Å². The van der Waals surface area contributed by atoms with Gasteiger partial charge < -0.3 is 4.98 Å². The molecular formula is C15H17N3O2. The van der Waals surface area contributed by atoms with Crippen LogP contribution in [0.25, 0.3) is 11.0 Å². The zero-order valence-corrected chi connectivity index (χ0v) is 11.6. The summed E-state index contributed by atoms with van der Waals surface area (Å²) in [6.45, 7) is 3.96. The number of imidazole rings is 1. The molecule has 5 heteroatoms. The lowest BCUT2D eigenvalue weighted by Gasteiger charge is -2.37. The van der Waals surface area contributed by atoms with Crippen LogP contribution in [0.3, 0.4) is 0 Å². The van der Waals surface area contributed by atoms with Gasteiger partial charge in [0.1, 0.15) is 0 Å². The Morgan fingerprint density at radius 1 is 1.40 bits per heavy atom. The summed E-state index contributed by atoms with van der Waals surface area (Å²) in [5.74, 6) is 0. The summed E-state index contributed by atoms with van der Waals surface area (Å²) in [6.07, 6.45) is 4.48. The number of aliphatic imine (C=N–C) groups is 1. The Morgan fingerprint density at radius 3 is 2.70 bits per heavy atom. The Bertz CT molecular complexity index is 759. The molecule has 20 heavy (non-hydrogen) atoms. The van der Waals surface area contributed by atoms with Gasteiger partial charge in [0.2, 0.25) is 6.08 Å². The third kappa shape index (κ3) is 1.74. The molecule has 1 aliphatic carbocycles. The topological polar surface area (TPSA) is 67.2 Å². The molecule has 0 bridgehead atoms. The predicted octanol–water partition coefficient (Wildman–Crippen LogP) is 2.63. The molecule has 0 unspecified atom stereocenters. The van der Waals surface area contributed by atoms with Gasteiger partial charge in [-0.25, -0.2) is 9.59 Å². The number of hydrogen-bond acceptors (Lipinski definition) is 3. The fourth-order valence-corrected chi connectivity index (χ4v) is 3.00. The van der Waals surface area contributed by atoms with Gasteiger partial charge in [-0.3, -0.25) is 4.57 Å². The summed E-state index contributed by atoms with van der Waals surface area (Å²) in [4.78, 5) is 29.5. The minimum Gasteiger partial charge on any atom is -0.306 e. The number of isocyanates is 1. The number of rotatable bonds is 3. The molecule has 1 saturated carbocycles. The molecule has 1 fully saturated rings. The molecule has 0 aliphatic heterocycles. The van der Waals surface area contributed by atoms with Crippen LogP contribution >= 0.6 is 0 Å². The number of carbonyl (C=O) groups excluding carboxylic acids is 1. The van der Waals surface area contributed by atoms with Crippen LogP contribution in [0, 0.1) is 0 Å². The van der Waals surface area contributed by atoms with Gasteiger partial charge in [-0.05, 0) is 50.8 Å². The Kier molecular flexibility index (Phi) is 2.87. The number of aromatic amines is 1. The van der Waals surface area contributed by atoms with Gasteiger partial charge in [-0.15, -0.1) is 0 Å². The second kappa shape index (κ2) is 4.46. The van der Waals surface area contributed by atoms with Crippen LogP contribution in [0.1, 0.15) is 44.7 Å². The van der Waals surface area contributed by atoms with Crippen LogP contribution in [0.4, 0.5) is 0 Å². The zero-order valence-electron chi connectivity index (χ0n) is 11.6. The third-order valence-corrected chi connectivity index (χ3v) is 4.21. The summed E-state index contributed by atoms with van der Waals surface area (Å²) >= 11 is 0. The van der Waals surface area contributed by atoms with Crippen LogP contribution in [-0.4, -0.2) is 15.6 Å². The maximum absolute atomic E-state index is 12.0. The van der Waals surface area contributed by atoms with Gasteiger partial charge in [0.15, 0.2) is 0 Å². The number of benzene rings is 1. The molecule has 1 aromatic carbocycles. The van der Waals surface area contributed by atoms with Crippen molar-refractivity contribution >= 4 is 17.1 Å². The molecule has 0 amide bonds. The normalized spacial score (nSPS) is 16.9.